The van der Waals surface area contributed by atoms with Crippen LogP contribution < -0.4 is 5.32 Å². The van der Waals surface area contributed by atoms with Crippen LogP contribution in [0, 0.1) is 13.8 Å². The molecule has 0 fully saturated rings. The first-order valence-electron chi connectivity index (χ1n) is 5.63. The van der Waals surface area contributed by atoms with Crippen LogP contribution in [0.15, 0.2) is 22.6 Å². The molecular weight excluding hydrogens is 287 g/mol. The van der Waals surface area contributed by atoms with E-state index in [-0.39, 0.29) is 12.5 Å². The Balaban J connectivity index is 2.05. The second kappa shape index (κ2) is 5.63. The van der Waals surface area contributed by atoms with Crippen molar-refractivity contribution in [2.45, 2.75) is 20.4 Å². The molecule has 4 nitrogen and oxygen atoms in total. The Bertz CT molecular complexity index is 623. The molecule has 0 bridgehead atoms. The van der Waals surface area contributed by atoms with Crippen LogP contribution in [0.2, 0.25) is 10.0 Å². The summed E-state index contributed by atoms with van der Waals surface area (Å²) < 4.78 is 5.37. The molecule has 0 aliphatic carbocycles. The maximum absolute atomic E-state index is 11.9. The summed E-state index contributed by atoms with van der Waals surface area (Å²) in [4.78, 5) is 16.1. The number of hydrogen-bond acceptors (Lipinski definition) is 3. The van der Waals surface area contributed by atoms with E-state index >= 15 is 0 Å². The van der Waals surface area contributed by atoms with Crippen LogP contribution in [0.25, 0.3) is 0 Å². The minimum atomic E-state index is -0.244. The van der Waals surface area contributed by atoms with Crippen LogP contribution in [0.4, 0.5) is 0 Å². The summed E-state index contributed by atoms with van der Waals surface area (Å²) in [5.41, 5.74) is 1.22. The number of halogens is 2. The van der Waals surface area contributed by atoms with Crippen molar-refractivity contribution in [1.29, 1.82) is 0 Å². The monoisotopic (exact) mass is 298 g/mol. The van der Waals surface area contributed by atoms with Crippen molar-refractivity contribution >= 4 is 29.1 Å². The quantitative estimate of drug-likeness (QED) is 0.943. The first-order valence-corrected chi connectivity index (χ1v) is 6.39. The molecule has 0 saturated carbocycles. The predicted octanol–water partition coefficient (Wildman–Crippen LogP) is 3.53. The molecule has 0 saturated heterocycles. The smallest absolute Gasteiger partial charge is 0.251 e. The summed E-state index contributed by atoms with van der Waals surface area (Å²) in [6, 6.07) is 4.72. The number of rotatable bonds is 3. The largest absolute Gasteiger partial charge is 0.444 e. The normalized spacial score (nSPS) is 10.5. The molecule has 1 heterocycles. The summed E-state index contributed by atoms with van der Waals surface area (Å²) >= 11 is 11.7. The number of aryl methyl sites for hydroxylation is 2. The van der Waals surface area contributed by atoms with E-state index in [1.165, 1.54) is 6.07 Å². The molecule has 0 atom stereocenters. The van der Waals surface area contributed by atoms with Crippen LogP contribution in [-0.2, 0) is 6.54 Å². The Morgan fingerprint density at radius 3 is 2.63 bits per heavy atom. The van der Waals surface area contributed by atoms with Gasteiger partial charge in [0.1, 0.15) is 5.76 Å². The fourth-order valence-corrected chi connectivity index (χ4v) is 1.94. The number of nitrogens with one attached hydrogen (secondary N) is 1. The van der Waals surface area contributed by atoms with Crippen molar-refractivity contribution in [1.82, 2.24) is 10.3 Å². The van der Waals surface area contributed by atoms with Gasteiger partial charge in [-0.2, -0.15) is 0 Å². The molecule has 0 radical (unpaired) electrons. The lowest BCUT2D eigenvalue weighted by atomic mass is 10.2. The molecule has 19 heavy (non-hydrogen) atoms. The van der Waals surface area contributed by atoms with Gasteiger partial charge in [-0.25, -0.2) is 4.98 Å². The summed E-state index contributed by atoms with van der Waals surface area (Å²) in [6.45, 7) is 3.88. The number of hydrogen-bond donors (Lipinski definition) is 1. The van der Waals surface area contributed by atoms with E-state index in [4.69, 9.17) is 27.6 Å². The lowest BCUT2D eigenvalue weighted by molar-refractivity contribution is 0.0948. The molecule has 1 aromatic carbocycles. The third-order valence-corrected chi connectivity index (χ3v) is 3.33. The van der Waals surface area contributed by atoms with Gasteiger partial charge in [0.2, 0.25) is 0 Å². The van der Waals surface area contributed by atoms with E-state index in [0.29, 0.717) is 27.3 Å². The minimum Gasteiger partial charge on any atom is -0.444 e. The van der Waals surface area contributed by atoms with Gasteiger partial charge in [-0.1, -0.05) is 23.2 Å². The molecule has 0 aliphatic rings. The van der Waals surface area contributed by atoms with Crippen molar-refractivity contribution in [2.24, 2.45) is 0 Å². The highest BCUT2D eigenvalue weighted by Crippen LogP contribution is 2.22. The van der Waals surface area contributed by atoms with E-state index in [1.54, 1.807) is 19.1 Å². The van der Waals surface area contributed by atoms with Gasteiger partial charge >= 0.3 is 0 Å². The van der Waals surface area contributed by atoms with E-state index in [9.17, 15) is 4.79 Å². The minimum absolute atomic E-state index is 0.244. The summed E-state index contributed by atoms with van der Waals surface area (Å²) in [5.74, 6) is 0.981. The molecule has 1 amide bonds. The fraction of sp³-hybridized carbons (Fsp3) is 0.231. The number of carbonyl (C=O) groups is 1. The lowest BCUT2D eigenvalue weighted by Crippen LogP contribution is -2.22. The van der Waals surface area contributed by atoms with E-state index < -0.39 is 0 Å². The average Bonchev–Trinajstić information content (AvgIpc) is 2.68. The fourth-order valence-electron chi connectivity index (χ4n) is 1.64. The van der Waals surface area contributed by atoms with Gasteiger partial charge in [-0.05, 0) is 25.1 Å². The van der Waals surface area contributed by atoms with Crippen molar-refractivity contribution < 1.29 is 9.21 Å². The van der Waals surface area contributed by atoms with Crippen molar-refractivity contribution in [3.63, 3.8) is 0 Å². The topological polar surface area (TPSA) is 55.1 Å². The summed E-state index contributed by atoms with van der Waals surface area (Å²) in [7, 11) is 0. The number of aromatic nitrogens is 1. The van der Waals surface area contributed by atoms with E-state index in [1.807, 2.05) is 6.92 Å². The van der Waals surface area contributed by atoms with Gasteiger partial charge in [0, 0.05) is 12.5 Å². The molecule has 1 N–H and O–H groups in total. The molecule has 1 aromatic heterocycles. The van der Waals surface area contributed by atoms with Crippen LogP contribution in [0.1, 0.15) is 27.7 Å². The highest BCUT2D eigenvalue weighted by atomic mass is 35.5. The predicted molar refractivity (Wildman–Crippen MR) is 73.6 cm³/mol. The maximum atomic E-state index is 11.9. The molecular formula is C13H12Cl2N2O2. The summed E-state index contributed by atoms with van der Waals surface area (Å²) in [5, 5.41) is 3.51. The zero-order valence-electron chi connectivity index (χ0n) is 10.5. The van der Waals surface area contributed by atoms with E-state index in [0.717, 1.165) is 5.69 Å². The van der Waals surface area contributed by atoms with Crippen LogP contribution in [-0.4, -0.2) is 10.9 Å². The standard InChI is InChI=1S/C13H12Cl2N2O2/c1-7-12(19-8(2)17-7)6-16-13(18)9-3-4-10(14)11(15)5-9/h3-5H,6H2,1-2H3,(H,16,18). The zero-order chi connectivity index (χ0) is 14.0. The first-order chi connectivity index (χ1) is 8.97. The molecule has 0 aliphatic heterocycles. The third kappa shape index (κ3) is 3.28. The number of carbonyl (C=O) groups excluding carboxylic acids is 1. The second-order valence-corrected chi connectivity index (χ2v) is 4.87. The van der Waals surface area contributed by atoms with Gasteiger partial charge in [-0.3, -0.25) is 4.79 Å². The third-order valence-electron chi connectivity index (χ3n) is 2.59. The van der Waals surface area contributed by atoms with Crippen molar-refractivity contribution in [3.05, 3.63) is 51.2 Å². The van der Waals surface area contributed by atoms with Crippen molar-refractivity contribution in [3.8, 4) is 0 Å². The maximum Gasteiger partial charge on any atom is 0.251 e. The van der Waals surface area contributed by atoms with Crippen LogP contribution in [0.3, 0.4) is 0 Å². The summed E-state index contributed by atoms with van der Waals surface area (Å²) in [6.07, 6.45) is 0. The zero-order valence-corrected chi connectivity index (χ0v) is 12.0. The van der Waals surface area contributed by atoms with Gasteiger partial charge in [0.05, 0.1) is 22.3 Å². The Hall–Kier alpha value is -1.52. The molecule has 6 heteroatoms. The van der Waals surface area contributed by atoms with Crippen LogP contribution >= 0.6 is 23.2 Å². The molecule has 100 valence electrons. The number of amides is 1. The molecule has 2 rings (SSSR count). The number of nitrogens with zero attached hydrogens (tertiary/aromatic N) is 1. The second-order valence-electron chi connectivity index (χ2n) is 4.05. The van der Waals surface area contributed by atoms with E-state index in [2.05, 4.69) is 10.3 Å². The Morgan fingerprint density at radius 2 is 2.05 bits per heavy atom. The average molecular weight is 299 g/mol. The Kier molecular flexibility index (Phi) is 4.12. The Labute approximate surface area is 120 Å². The first kappa shape index (κ1) is 13.9. The highest BCUT2D eigenvalue weighted by molar-refractivity contribution is 6.42. The lowest BCUT2D eigenvalue weighted by Gasteiger charge is -2.05. The van der Waals surface area contributed by atoms with Gasteiger partial charge in [0.15, 0.2) is 5.89 Å². The number of oxazole rings is 1. The number of benzene rings is 1. The van der Waals surface area contributed by atoms with Gasteiger partial charge in [-0.15, -0.1) is 0 Å². The molecule has 0 spiro atoms. The Morgan fingerprint density at radius 1 is 1.32 bits per heavy atom. The van der Waals surface area contributed by atoms with Crippen molar-refractivity contribution in [2.75, 3.05) is 0 Å². The molecule has 2 aromatic rings. The molecule has 0 unspecified atom stereocenters. The van der Waals surface area contributed by atoms with Crippen LogP contribution in [0.5, 0.6) is 0 Å². The van der Waals surface area contributed by atoms with Gasteiger partial charge in [0.25, 0.3) is 5.91 Å². The SMILES string of the molecule is Cc1nc(C)c(CNC(=O)c2ccc(Cl)c(Cl)c2)o1. The highest BCUT2D eigenvalue weighted by Gasteiger charge is 2.11. The van der Waals surface area contributed by atoms with Gasteiger partial charge < -0.3 is 9.73 Å².